The van der Waals surface area contributed by atoms with Gasteiger partial charge in [-0.2, -0.15) is 0 Å². The second-order valence-electron chi connectivity index (χ2n) is 5.31. The number of benzene rings is 4. The van der Waals surface area contributed by atoms with Gasteiger partial charge in [-0.25, -0.2) is 0 Å². The SMILES string of the molecule is c1ccc2cc(S[Si]Sc3ccc4ccccc4c3)ccc2c1. The van der Waals surface area contributed by atoms with Crippen LogP contribution >= 0.6 is 22.4 Å². The summed E-state index contributed by atoms with van der Waals surface area (Å²) in [6.45, 7) is 0. The Morgan fingerprint density at radius 3 is 1.39 bits per heavy atom. The van der Waals surface area contributed by atoms with Gasteiger partial charge in [0.25, 0.3) is 0 Å². The Morgan fingerprint density at radius 2 is 0.913 bits per heavy atom. The number of hydrogen-bond acceptors (Lipinski definition) is 2. The molecule has 0 nitrogen and oxygen atoms in total. The van der Waals surface area contributed by atoms with E-state index in [1.807, 2.05) is 22.4 Å². The number of rotatable bonds is 4. The van der Waals surface area contributed by atoms with Crippen molar-refractivity contribution in [3.05, 3.63) is 84.9 Å². The Bertz CT molecular complexity index is 886. The highest BCUT2D eigenvalue weighted by Gasteiger charge is 2.01. The van der Waals surface area contributed by atoms with E-state index < -0.39 is 0 Å². The lowest BCUT2D eigenvalue weighted by atomic mass is 10.1. The fourth-order valence-electron chi connectivity index (χ4n) is 2.58. The van der Waals surface area contributed by atoms with E-state index in [0.717, 1.165) is 7.82 Å². The molecule has 0 aromatic heterocycles. The summed E-state index contributed by atoms with van der Waals surface area (Å²) in [4.78, 5) is 2.69. The summed E-state index contributed by atoms with van der Waals surface area (Å²) in [5.74, 6) is 0. The Hall–Kier alpha value is -1.68. The average molecular weight is 347 g/mol. The molecule has 0 aliphatic carbocycles. The molecular weight excluding hydrogens is 332 g/mol. The summed E-state index contributed by atoms with van der Waals surface area (Å²) < 4.78 is 0. The van der Waals surface area contributed by atoms with Crippen molar-refractivity contribution >= 4 is 51.8 Å². The van der Waals surface area contributed by atoms with Crippen LogP contribution in [0.15, 0.2) is 94.7 Å². The molecule has 23 heavy (non-hydrogen) atoms. The first-order valence-corrected chi connectivity index (χ1v) is 11.5. The van der Waals surface area contributed by atoms with Crippen LogP contribution in [0.2, 0.25) is 0 Å². The monoisotopic (exact) mass is 346 g/mol. The quantitative estimate of drug-likeness (QED) is 0.391. The highest BCUT2D eigenvalue weighted by atomic mass is 32.6. The molecule has 0 heterocycles. The largest absolute Gasteiger partial charge is 0.214 e. The maximum Gasteiger partial charge on any atom is 0.214 e. The zero-order valence-corrected chi connectivity index (χ0v) is 15.0. The molecule has 4 aromatic carbocycles. The standard InChI is InChI=1S/C20H14S2Si/c1-3-7-17-13-19(11-9-15(17)5-1)21-23-22-20-12-10-16-6-2-4-8-18(16)14-20/h1-14H. The minimum atomic E-state index is 0.763. The van der Waals surface area contributed by atoms with Crippen LogP contribution in [-0.2, 0) is 0 Å². The maximum absolute atomic E-state index is 2.29. The van der Waals surface area contributed by atoms with Gasteiger partial charge < -0.3 is 0 Å². The molecule has 0 aliphatic heterocycles. The van der Waals surface area contributed by atoms with Gasteiger partial charge in [0.15, 0.2) is 0 Å². The Morgan fingerprint density at radius 1 is 0.478 bits per heavy atom. The van der Waals surface area contributed by atoms with Gasteiger partial charge in [0.1, 0.15) is 0 Å². The van der Waals surface area contributed by atoms with E-state index >= 15 is 0 Å². The Kier molecular flexibility index (Phi) is 4.42. The van der Waals surface area contributed by atoms with Crippen molar-refractivity contribution in [3.63, 3.8) is 0 Å². The fourth-order valence-corrected chi connectivity index (χ4v) is 7.03. The van der Waals surface area contributed by atoms with E-state index in [2.05, 4.69) is 84.9 Å². The first-order chi connectivity index (χ1) is 11.4. The summed E-state index contributed by atoms with van der Waals surface area (Å²) in [6, 6.07) is 30.5. The molecule has 0 spiro atoms. The van der Waals surface area contributed by atoms with Crippen molar-refractivity contribution in [2.75, 3.05) is 0 Å². The molecule has 0 unspecified atom stereocenters. The third-order valence-corrected chi connectivity index (χ3v) is 8.32. The Balaban J connectivity index is 1.45. The van der Waals surface area contributed by atoms with Crippen molar-refractivity contribution in [2.24, 2.45) is 0 Å². The van der Waals surface area contributed by atoms with Crippen molar-refractivity contribution in [1.29, 1.82) is 0 Å². The minimum absolute atomic E-state index is 0.763. The molecule has 2 radical (unpaired) electrons. The highest BCUT2D eigenvalue weighted by molar-refractivity contribution is 8.50. The van der Waals surface area contributed by atoms with E-state index in [4.69, 9.17) is 0 Å². The molecule has 0 saturated heterocycles. The Labute approximate surface area is 146 Å². The lowest BCUT2D eigenvalue weighted by Crippen LogP contribution is -1.81. The van der Waals surface area contributed by atoms with Gasteiger partial charge in [-0.15, -0.1) is 22.4 Å². The van der Waals surface area contributed by atoms with Gasteiger partial charge in [0.2, 0.25) is 7.82 Å². The molecule has 0 amide bonds. The van der Waals surface area contributed by atoms with Gasteiger partial charge in [-0.3, -0.25) is 0 Å². The highest BCUT2D eigenvalue weighted by Crippen LogP contribution is 2.29. The summed E-state index contributed by atoms with van der Waals surface area (Å²) in [5, 5.41) is 5.25. The van der Waals surface area contributed by atoms with Crippen molar-refractivity contribution in [2.45, 2.75) is 9.79 Å². The van der Waals surface area contributed by atoms with Gasteiger partial charge in [0.05, 0.1) is 0 Å². The summed E-state index contributed by atoms with van der Waals surface area (Å²) in [5.41, 5.74) is 0. The second kappa shape index (κ2) is 6.83. The molecule has 0 bridgehead atoms. The molecular formula is C20H14S2Si. The molecule has 0 N–H and O–H groups in total. The maximum atomic E-state index is 2.29. The number of hydrogen-bond donors (Lipinski definition) is 0. The van der Waals surface area contributed by atoms with Crippen LogP contribution in [0.3, 0.4) is 0 Å². The predicted octanol–water partition coefficient (Wildman–Crippen LogP) is 6.41. The van der Waals surface area contributed by atoms with Crippen molar-refractivity contribution in [1.82, 2.24) is 0 Å². The normalized spacial score (nSPS) is 11.1. The van der Waals surface area contributed by atoms with Crippen LogP contribution in [0.25, 0.3) is 21.5 Å². The van der Waals surface area contributed by atoms with E-state index in [0.29, 0.717) is 0 Å². The average Bonchev–Trinajstić information content (AvgIpc) is 2.61. The first-order valence-electron chi connectivity index (χ1n) is 7.45. The summed E-state index contributed by atoms with van der Waals surface area (Å²) in [7, 11) is 0.763. The molecule has 3 heteroatoms. The summed E-state index contributed by atoms with van der Waals surface area (Å²) >= 11 is 3.85. The third kappa shape index (κ3) is 3.47. The smallest absolute Gasteiger partial charge is 0.140 e. The zero-order valence-electron chi connectivity index (χ0n) is 12.4. The van der Waals surface area contributed by atoms with Gasteiger partial charge >= 0.3 is 0 Å². The van der Waals surface area contributed by atoms with E-state index in [9.17, 15) is 0 Å². The van der Waals surface area contributed by atoms with E-state index in [1.165, 1.54) is 31.3 Å². The van der Waals surface area contributed by atoms with Crippen LogP contribution in [0.4, 0.5) is 0 Å². The molecule has 0 fully saturated rings. The fraction of sp³-hybridized carbons (Fsp3) is 0. The zero-order chi connectivity index (χ0) is 15.5. The topological polar surface area (TPSA) is 0 Å². The van der Waals surface area contributed by atoms with Crippen LogP contribution in [0.5, 0.6) is 0 Å². The lowest BCUT2D eigenvalue weighted by Gasteiger charge is -2.04. The van der Waals surface area contributed by atoms with E-state index in [-0.39, 0.29) is 0 Å². The number of fused-ring (bicyclic) bond motifs is 2. The van der Waals surface area contributed by atoms with Crippen molar-refractivity contribution in [3.8, 4) is 0 Å². The van der Waals surface area contributed by atoms with Crippen molar-refractivity contribution < 1.29 is 0 Å². The van der Waals surface area contributed by atoms with Crippen LogP contribution < -0.4 is 0 Å². The van der Waals surface area contributed by atoms with Crippen LogP contribution in [0, 0.1) is 0 Å². The second-order valence-corrected chi connectivity index (χ2v) is 10.0. The van der Waals surface area contributed by atoms with Gasteiger partial charge in [0, 0.05) is 9.79 Å². The predicted molar refractivity (Wildman–Crippen MR) is 105 cm³/mol. The third-order valence-electron chi connectivity index (χ3n) is 3.76. The molecule has 110 valence electrons. The first kappa shape index (κ1) is 14.9. The van der Waals surface area contributed by atoms with Crippen LogP contribution in [0.1, 0.15) is 0 Å². The van der Waals surface area contributed by atoms with E-state index in [1.54, 1.807) is 0 Å². The molecule has 0 atom stereocenters. The molecule has 4 aromatic rings. The summed E-state index contributed by atoms with van der Waals surface area (Å²) in [6.07, 6.45) is 0. The molecule has 0 saturated carbocycles. The molecule has 0 aliphatic rings. The molecule has 4 rings (SSSR count). The minimum Gasteiger partial charge on any atom is -0.140 e. The van der Waals surface area contributed by atoms with Crippen LogP contribution in [-0.4, -0.2) is 7.82 Å². The van der Waals surface area contributed by atoms with Gasteiger partial charge in [-0.1, -0.05) is 60.7 Å². The van der Waals surface area contributed by atoms with Gasteiger partial charge in [-0.05, 0) is 45.8 Å². The lowest BCUT2D eigenvalue weighted by molar-refractivity contribution is 1.52.